The van der Waals surface area contributed by atoms with E-state index in [1.807, 2.05) is 56.3 Å². The first-order valence-electron chi connectivity index (χ1n) is 14.8. The van der Waals surface area contributed by atoms with Crippen LogP contribution in [0.1, 0.15) is 36.1 Å². The lowest BCUT2D eigenvalue weighted by molar-refractivity contribution is -0.140. The number of nitrogens with zero attached hydrogens (tertiary/aromatic N) is 2. The van der Waals surface area contributed by atoms with E-state index in [0.717, 1.165) is 21.0 Å². The molecule has 1 atom stereocenters. The molecule has 0 heterocycles. The summed E-state index contributed by atoms with van der Waals surface area (Å²) in [4.78, 5) is 29.7. The summed E-state index contributed by atoms with van der Waals surface area (Å²) in [5.74, 6) is -0.959. The molecule has 45 heavy (non-hydrogen) atoms. The average Bonchev–Trinajstić information content (AvgIpc) is 3.03. The van der Waals surface area contributed by atoms with Crippen LogP contribution in [-0.2, 0) is 39.0 Å². The molecule has 0 saturated heterocycles. The van der Waals surface area contributed by atoms with Crippen molar-refractivity contribution >= 4 is 50.7 Å². The third kappa shape index (κ3) is 8.25. The predicted molar refractivity (Wildman–Crippen MR) is 181 cm³/mol. The minimum Gasteiger partial charge on any atom is -0.355 e. The Kier molecular flexibility index (Phi) is 11.7. The normalized spacial score (nSPS) is 11.9. The SMILES string of the molecule is CCNC(=O)C(Cc1ccccc1)N(Cc1c(Cl)cccc1Cl)C(=O)CN(c1ccccc1CC)S(=O)(=O)c1ccc(C)cc1. The van der Waals surface area contributed by atoms with Crippen LogP contribution in [0.3, 0.4) is 0 Å². The number of anilines is 1. The van der Waals surface area contributed by atoms with Crippen molar-refractivity contribution in [3.05, 3.63) is 129 Å². The van der Waals surface area contributed by atoms with Crippen molar-refractivity contribution in [1.29, 1.82) is 0 Å². The van der Waals surface area contributed by atoms with E-state index in [0.29, 0.717) is 34.3 Å². The molecule has 0 aliphatic rings. The zero-order valence-electron chi connectivity index (χ0n) is 25.5. The molecule has 1 unspecified atom stereocenters. The highest BCUT2D eigenvalue weighted by Crippen LogP contribution is 2.30. The standard InChI is InChI=1S/C35H37Cl2N3O4S/c1-4-27-14-9-10-17-32(27)40(45(43,44)28-20-18-25(3)19-21-28)24-34(41)39(23-29-30(36)15-11-16-31(29)37)33(35(42)38-5-2)22-26-12-7-6-8-13-26/h6-21,33H,4-5,22-24H2,1-3H3,(H,38,42). The van der Waals surface area contributed by atoms with E-state index in [1.165, 1.54) is 17.0 Å². The van der Waals surface area contributed by atoms with Gasteiger partial charge in [-0.25, -0.2) is 8.42 Å². The Morgan fingerprint density at radius 2 is 1.44 bits per heavy atom. The molecule has 0 fully saturated rings. The van der Waals surface area contributed by atoms with E-state index in [9.17, 15) is 18.0 Å². The largest absolute Gasteiger partial charge is 0.355 e. The summed E-state index contributed by atoms with van der Waals surface area (Å²) in [6.07, 6.45) is 0.732. The van der Waals surface area contributed by atoms with Crippen molar-refractivity contribution in [3.63, 3.8) is 0 Å². The Labute approximate surface area is 275 Å². The van der Waals surface area contributed by atoms with Crippen LogP contribution in [0.4, 0.5) is 5.69 Å². The molecule has 0 saturated carbocycles. The van der Waals surface area contributed by atoms with Crippen LogP contribution >= 0.6 is 23.2 Å². The lowest BCUT2D eigenvalue weighted by Gasteiger charge is -2.34. The van der Waals surface area contributed by atoms with Gasteiger partial charge in [-0.2, -0.15) is 0 Å². The number of aryl methyl sites for hydroxylation is 2. The van der Waals surface area contributed by atoms with Gasteiger partial charge in [0.1, 0.15) is 12.6 Å². The van der Waals surface area contributed by atoms with E-state index in [4.69, 9.17) is 23.2 Å². The molecule has 7 nitrogen and oxygen atoms in total. The number of halogens is 2. The molecule has 0 aliphatic carbocycles. The minimum absolute atomic E-state index is 0.0528. The van der Waals surface area contributed by atoms with E-state index in [-0.39, 0.29) is 23.8 Å². The Bertz CT molecular complexity index is 1710. The summed E-state index contributed by atoms with van der Waals surface area (Å²) in [7, 11) is -4.20. The first kappa shape index (κ1) is 34.0. The third-order valence-corrected chi connectivity index (χ3v) is 10.0. The number of likely N-dealkylation sites (N-methyl/N-ethyl adjacent to an activating group) is 1. The van der Waals surface area contributed by atoms with Crippen LogP contribution < -0.4 is 9.62 Å². The second-order valence-electron chi connectivity index (χ2n) is 10.6. The van der Waals surface area contributed by atoms with Crippen LogP contribution in [0.15, 0.2) is 102 Å². The van der Waals surface area contributed by atoms with E-state index >= 15 is 0 Å². The fourth-order valence-corrected chi connectivity index (χ4v) is 7.07. The van der Waals surface area contributed by atoms with Crippen molar-refractivity contribution in [2.45, 2.75) is 51.1 Å². The second kappa shape index (κ2) is 15.4. The van der Waals surface area contributed by atoms with Gasteiger partial charge in [-0.15, -0.1) is 0 Å². The zero-order chi connectivity index (χ0) is 32.6. The van der Waals surface area contributed by atoms with Crippen LogP contribution in [-0.4, -0.2) is 44.3 Å². The summed E-state index contributed by atoms with van der Waals surface area (Å²) < 4.78 is 29.7. The number of para-hydroxylation sites is 1. The number of benzene rings is 4. The quantitative estimate of drug-likeness (QED) is 0.170. The Morgan fingerprint density at radius 1 is 0.822 bits per heavy atom. The van der Waals surface area contributed by atoms with Crippen molar-refractivity contribution in [2.75, 3.05) is 17.4 Å². The van der Waals surface area contributed by atoms with Gasteiger partial charge in [0.05, 0.1) is 10.6 Å². The van der Waals surface area contributed by atoms with E-state index in [2.05, 4.69) is 5.32 Å². The van der Waals surface area contributed by atoms with Gasteiger partial charge in [0, 0.05) is 35.1 Å². The van der Waals surface area contributed by atoms with E-state index in [1.54, 1.807) is 49.4 Å². The van der Waals surface area contributed by atoms with Crippen LogP contribution in [0, 0.1) is 6.92 Å². The van der Waals surface area contributed by atoms with Gasteiger partial charge in [0.2, 0.25) is 11.8 Å². The topological polar surface area (TPSA) is 86.8 Å². The molecule has 10 heteroatoms. The first-order chi connectivity index (χ1) is 21.6. The lowest BCUT2D eigenvalue weighted by Crippen LogP contribution is -2.53. The third-order valence-electron chi connectivity index (χ3n) is 7.54. The van der Waals surface area contributed by atoms with Crippen molar-refractivity contribution < 1.29 is 18.0 Å². The second-order valence-corrected chi connectivity index (χ2v) is 13.3. The fourth-order valence-electron chi connectivity index (χ4n) is 5.10. The average molecular weight is 667 g/mol. The number of carbonyl (C=O) groups is 2. The molecule has 0 bridgehead atoms. The van der Waals surface area contributed by atoms with Gasteiger partial charge in [-0.3, -0.25) is 13.9 Å². The van der Waals surface area contributed by atoms with Gasteiger partial charge >= 0.3 is 0 Å². The number of carbonyl (C=O) groups excluding carboxylic acids is 2. The number of hydrogen-bond acceptors (Lipinski definition) is 4. The Balaban J connectivity index is 1.85. The molecular formula is C35H37Cl2N3O4S. The summed E-state index contributed by atoms with van der Waals surface area (Å²) in [6.45, 7) is 5.27. The number of hydrogen-bond donors (Lipinski definition) is 1. The molecule has 4 aromatic carbocycles. The summed E-state index contributed by atoms with van der Waals surface area (Å²) in [5, 5.41) is 3.51. The van der Waals surface area contributed by atoms with Gasteiger partial charge in [-0.1, -0.05) is 102 Å². The van der Waals surface area contributed by atoms with Gasteiger partial charge in [-0.05, 0) is 61.7 Å². The maximum atomic E-state index is 14.6. The molecule has 4 rings (SSSR count). The highest BCUT2D eigenvalue weighted by molar-refractivity contribution is 7.92. The van der Waals surface area contributed by atoms with Gasteiger partial charge < -0.3 is 10.2 Å². The molecule has 0 aliphatic heterocycles. The minimum atomic E-state index is -4.20. The molecule has 0 spiro atoms. The van der Waals surface area contributed by atoms with Crippen LogP contribution in [0.5, 0.6) is 0 Å². The molecule has 0 aromatic heterocycles. The number of nitrogens with one attached hydrogen (secondary N) is 1. The predicted octanol–water partition coefficient (Wildman–Crippen LogP) is 6.84. The van der Waals surface area contributed by atoms with Crippen molar-refractivity contribution in [3.8, 4) is 0 Å². The zero-order valence-corrected chi connectivity index (χ0v) is 27.9. The highest BCUT2D eigenvalue weighted by Gasteiger charge is 2.35. The molecule has 4 aromatic rings. The Morgan fingerprint density at radius 3 is 2.07 bits per heavy atom. The number of amides is 2. The van der Waals surface area contributed by atoms with Crippen LogP contribution in [0.25, 0.3) is 0 Å². The summed E-state index contributed by atoms with van der Waals surface area (Å²) >= 11 is 13.1. The summed E-state index contributed by atoms with van der Waals surface area (Å²) in [5.41, 5.74) is 3.34. The molecule has 1 N–H and O–H groups in total. The lowest BCUT2D eigenvalue weighted by atomic mass is 10.0. The van der Waals surface area contributed by atoms with Gasteiger partial charge in [0.25, 0.3) is 10.0 Å². The fraction of sp³-hybridized carbons (Fsp3) is 0.257. The molecular weight excluding hydrogens is 629 g/mol. The summed E-state index contributed by atoms with van der Waals surface area (Å²) in [6, 6.07) is 27.0. The van der Waals surface area contributed by atoms with E-state index < -0.39 is 28.5 Å². The number of rotatable bonds is 13. The maximum Gasteiger partial charge on any atom is 0.264 e. The van der Waals surface area contributed by atoms with Crippen LogP contribution in [0.2, 0.25) is 10.0 Å². The van der Waals surface area contributed by atoms with Crippen molar-refractivity contribution in [1.82, 2.24) is 10.2 Å². The Hall–Kier alpha value is -3.85. The monoisotopic (exact) mass is 665 g/mol. The molecule has 236 valence electrons. The first-order valence-corrected chi connectivity index (χ1v) is 17.0. The maximum absolute atomic E-state index is 14.6. The highest BCUT2D eigenvalue weighted by atomic mass is 35.5. The van der Waals surface area contributed by atoms with Crippen molar-refractivity contribution in [2.24, 2.45) is 0 Å². The molecule has 2 amide bonds. The van der Waals surface area contributed by atoms with Gasteiger partial charge in [0.15, 0.2) is 0 Å². The number of sulfonamides is 1. The molecule has 0 radical (unpaired) electrons. The smallest absolute Gasteiger partial charge is 0.264 e.